The third-order valence-electron chi connectivity index (χ3n) is 5.81. The van der Waals surface area contributed by atoms with Crippen LogP contribution in [0, 0.1) is 0 Å². The SMILES string of the molecule is COc1ccc2nc(/C=N/Nc3nc4c(c(=O)n(C)c(=O)n4C)n3Cc3ccccc3)ccc2c1. The van der Waals surface area contributed by atoms with Gasteiger partial charge in [0.25, 0.3) is 5.56 Å². The fourth-order valence-electron chi connectivity index (χ4n) is 3.93. The van der Waals surface area contributed by atoms with Crippen LogP contribution in [0.4, 0.5) is 5.95 Å². The molecule has 10 nitrogen and oxygen atoms in total. The second-order valence-corrected chi connectivity index (χ2v) is 8.05. The van der Waals surface area contributed by atoms with Crippen molar-refractivity contribution in [3.05, 3.63) is 92.8 Å². The maximum absolute atomic E-state index is 13.0. The van der Waals surface area contributed by atoms with E-state index in [1.807, 2.05) is 60.7 Å². The first-order valence-corrected chi connectivity index (χ1v) is 10.9. The quantitative estimate of drug-likeness (QED) is 0.302. The number of aromatic nitrogens is 5. The Morgan fingerprint density at radius 3 is 2.57 bits per heavy atom. The van der Waals surface area contributed by atoms with Crippen molar-refractivity contribution in [3.63, 3.8) is 0 Å². The summed E-state index contributed by atoms with van der Waals surface area (Å²) in [6, 6.07) is 19.1. The maximum atomic E-state index is 13.0. The second kappa shape index (κ2) is 8.90. The molecule has 0 unspecified atom stereocenters. The lowest BCUT2D eigenvalue weighted by Gasteiger charge is -2.09. The van der Waals surface area contributed by atoms with Gasteiger partial charge >= 0.3 is 5.69 Å². The van der Waals surface area contributed by atoms with Gasteiger partial charge in [-0.25, -0.2) is 15.2 Å². The van der Waals surface area contributed by atoms with Crippen LogP contribution in [0.15, 0.2) is 75.4 Å². The molecule has 3 heterocycles. The van der Waals surface area contributed by atoms with Gasteiger partial charge in [-0.05, 0) is 29.8 Å². The zero-order valence-corrected chi connectivity index (χ0v) is 19.5. The molecular formula is C25H23N7O3. The lowest BCUT2D eigenvalue weighted by molar-refractivity contribution is 0.415. The van der Waals surface area contributed by atoms with E-state index in [1.54, 1.807) is 24.9 Å². The van der Waals surface area contributed by atoms with E-state index in [1.165, 1.54) is 11.6 Å². The van der Waals surface area contributed by atoms with E-state index in [0.29, 0.717) is 23.7 Å². The number of benzene rings is 2. The molecule has 0 fully saturated rings. The van der Waals surface area contributed by atoms with Gasteiger partial charge in [0, 0.05) is 19.5 Å². The Morgan fingerprint density at radius 2 is 1.80 bits per heavy atom. The minimum absolute atomic E-state index is 0.282. The average Bonchev–Trinajstić information content (AvgIpc) is 3.24. The molecule has 3 aromatic heterocycles. The molecule has 0 saturated carbocycles. The number of ether oxygens (including phenoxy) is 1. The Balaban J connectivity index is 1.53. The minimum Gasteiger partial charge on any atom is -0.497 e. The number of methoxy groups -OCH3 is 1. The Kier molecular flexibility index (Phi) is 5.61. The van der Waals surface area contributed by atoms with Gasteiger partial charge in [0.05, 0.1) is 31.1 Å². The van der Waals surface area contributed by atoms with Crippen LogP contribution in [0.1, 0.15) is 11.3 Å². The predicted octanol–water partition coefficient (Wildman–Crippen LogP) is 2.48. The van der Waals surface area contributed by atoms with Gasteiger partial charge < -0.3 is 4.74 Å². The van der Waals surface area contributed by atoms with Gasteiger partial charge in [-0.3, -0.25) is 18.5 Å². The van der Waals surface area contributed by atoms with Crippen LogP contribution in [-0.2, 0) is 20.6 Å². The molecule has 35 heavy (non-hydrogen) atoms. The maximum Gasteiger partial charge on any atom is 0.332 e. The Bertz CT molecular complexity index is 1700. The number of hydrazone groups is 1. The van der Waals surface area contributed by atoms with Crippen LogP contribution < -0.4 is 21.4 Å². The van der Waals surface area contributed by atoms with E-state index in [2.05, 4.69) is 20.5 Å². The first-order chi connectivity index (χ1) is 17.0. The van der Waals surface area contributed by atoms with Crippen LogP contribution in [0.2, 0.25) is 0 Å². The molecular weight excluding hydrogens is 446 g/mol. The highest BCUT2D eigenvalue weighted by atomic mass is 16.5. The minimum atomic E-state index is -0.445. The number of hydrogen-bond donors (Lipinski definition) is 1. The summed E-state index contributed by atoms with van der Waals surface area (Å²) >= 11 is 0. The molecule has 2 aromatic carbocycles. The molecule has 0 spiro atoms. The highest BCUT2D eigenvalue weighted by Gasteiger charge is 2.19. The summed E-state index contributed by atoms with van der Waals surface area (Å²) in [5, 5.41) is 5.27. The van der Waals surface area contributed by atoms with E-state index >= 15 is 0 Å². The van der Waals surface area contributed by atoms with Crippen LogP contribution in [0.3, 0.4) is 0 Å². The highest BCUT2D eigenvalue weighted by molar-refractivity contribution is 5.86. The summed E-state index contributed by atoms with van der Waals surface area (Å²) in [7, 11) is 4.67. The van der Waals surface area contributed by atoms with Gasteiger partial charge in [0.1, 0.15) is 5.75 Å². The molecule has 10 heteroatoms. The summed E-state index contributed by atoms with van der Waals surface area (Å²) < 4.78 is 9.41. The van der Waals surface area contributed by atoms with Crippen molar-refractivity contribution in [2.75, 3.05) is 12.5 Å². The van der Waals surface area contributed by atoms with Crippen molar-refractivity contribution in [3.8, 4) is 5.75 Å². The topological polar surface area (TPSA) is 108 Å². The molecule has 0 bridgehead atoms. The number of pyridine rings is 1. The summed E-state index contributed by atoms with van der Waals surface area (Å²) in [5.41, 5.74) is 5.08. The van der Waals surface area contributed by atoms with Crippen molar-refractivity contribution in [2.45, 2.75) is 6.54 Å². The monoisotopic (exact) mass is 469 g/mol. The molecule has 0 aliphatic rings. The number of fused-ring (bicyclic) bond motifs is 2. The number of nitrogens with zero attached hydrogens (tertiary/aromatic N) is 6. The van der Waals surface area contributed by atoms with Crippen molar-refractivity contribution in [1.82, 2.24) is 23.7 Å². The summed E-state index contributed by atoms with van der Waals surface area (Å²) in [6.45, 7) is 0.374. The van der Waals surface area contributed by atoms with E-state index in [9.17, 15) is 9.59 Å². The van der Waals surface area contributed by atoms with Gasteiger partial charge in [-0.2, -0.15) is 10.1 Å². The number of nitrogens with one attached hydrogen (secondary N) is 1. The number of aryl methyl sites for hydroxylation is 1. The largest absolute Gasteiger partial charge is 0.497 e. The Morgan fingerprint density at radius 1 is 1.00 bits per heavy atom. The average molecular weight is 470 g/mol. The second-order valence-electron chi connectivity index (χ2n) is 8.05. The van der Waals surface area contributed by atoms with Crippen LogP contribution in [0.25, 0.3) is 22.1 Å². The van der Waals surface area contributed by atoms with E-state index < -0.39 is 11.2 Å². The van der Waals surface area contributed by atoms with E-state index in [-0.39, 0.29) is 5.65 Å². The smallest absolute Gasteiger partial charge is 0.332 e. The van der Waals surface area contributed by atoms with E-state index in [4.69, 9.17) is 4.74 Å². The molecule has 0 aliphatic carbocycles. The third kappa shape index (κ3) is 4.05. The van der Waals surface area contributed by atoms with Gasteiger partial charge in [0.2, 0.25) is 5.95 Å². The first-order valence-electron chi connectivity index (χ1n) is 10.9. The fourth-order valence-corrected chi connectivity index (χ4v) is 3.93. The number of hydrogen-bond acceptors (Lipinski definition) is 7. The molecule has 0 aliphatic heterocycles. The molecule has 0 atom stereocenters. The standard InChI is InChI=1S/C25H23N7O3/c1-30-22-21(23(33)31(2)25(30)34)32(15-16-7-5-4-6-8-16)24(28-22)29-26-14-18-10-9-17-13-19(35-3)11-12-20(17)27-18/h4-14H,15H2,1-3H3,(H,28,29)/b26-14+. The van der Waals surface area contributed by atoms with Gasteiger partial charge in [-0.15, -0.1) is 0 Å². The van der Waals surface area contributed by atoms with Gasteiger partial charge in [0.15, 0.2) is 11.2 Å². The summed E-state index contributed by atoms with van der Waals surface area (Å²) in [4.78, 5) is 34.6. The summed E-state index contributed by atoms with van der Waals surface area (Å²) in [5.74, 6) is 1.10. The normalized spacial score (nSPS) is 11.5. The zero-order chi connectivity index (χ0) is 24.5. The van der Waals surface area contributed by atoms with Crippen LogP contribution >= 0.6 is 0 Å². The van der Waals surface area contributed by atoms with Crippen molar-refractivity contribution >= 4 is 34.2 Å². The molecule has 5 aromatic rings. The Hall–Kier alpha value is -4.73. The van der Waals surface area contributed by atoms with Gasteiger partial charge in [-0.1, -0.05) is 36.4 Å². The predicted molar refractivity (Wildman–Crippen MR) is 135 cm³/mol. The molecule has 5 rings (SSSR count). The molecule has 0 amide bonds. The third-order valence-corrected chi connectivity index (χ3v) is 5.81. The molecule has 176 valence electrons. The number of imidazole rings is 1. The van der Waals surface area contributed by atoms with Crippen molar-refractivity contribution < 1.29 is 4.74 Å². The lowest BCUT2D eigenvalue weighted by Crippen LogP contribution is -2.37. The summed E-state index contributed by atoms with van der Waals surface area (Å²) in [6.07, 6.45) is 1.58. The zero-order valence-electron chi connectivity index (χ0n) is 19.5. The molecule has 1 N–H and O–H groups in total. The van der Waals surface area contributed by atoms with Crippen LogP contribution in [-0.4, -0.2) is 37.0 Å². The number of anilines is 1. The highest BCUT2D eigenvalue weighted by Crippen LogP contribution is 2.20. The van der Waals surface area contributed by atoms with Crippen molar-refractivity contribution in [1.29, 1.82) is 0 Å². The molecule has 0 radical (unpaired) electrons. The van der Waals surface area contributed by atoms with E-state index in [0.717, 1.165) is 26.8 Å². The number of rotatable bonds is 6. The fraction of sp³-hybridized carbons (Fsp3) is 0.160. The van der Waals surface area contributed by atoms with Crippen LogP contribution in [0.5, 0.6) is 5.75 Å². The Labute approximate surface area is 199 Å². The van der Waals surface area contributed by atoms with Crippen molar-refractivity contribution in [2.24, 2.45) is 19.2 Å². The molecule has 0 saturated heterocycles. The lowest BCUT2D eigenvalue weighted by atomic mass is 10.2. The first kappa shape index (κ1) is 22.1.